The van der Waals surface area contributed by atoms with Gasteiger partial charge >= 0.3 is 6.03 Å². The second kappa shape index (κ2) is 8.03. The smallest absolute Gasteiger partial charge is 0.315 e. The van der Waals surface area contributed by atoms with Crippen LogP contribution in [0, 0.1) is 0 Å². The molecular weight excluding hydrogens is 396 g/mol. The van der Waals surface area contributed by atoms with E-state index in [4.69, 9.17) is 11.6 Å². The van der Waals surface area contributed by atoms with Crippen LogP contribution in [0.15, 0.2) is 11.0 Å². The number of urea groups is 1. The highest BCUT2D eigenvalue weighted by molar-refractivity contribution is 7.88. The Bertz CT molecular complexity index is 852. The SMILES string of the molecule is CS(=O)(=O)N1CCC(NC(=O)N[C@@H]2CCN(c3cn[nH]c(=O)c3Cl)C2)CC1. The van der Waals surface area contributed by atoms with Crippen molar-refractivity contribution in [1.82, 2.24) is 25.1 Å². The van der Waals surface area contributed by atoms with Gasteiger partial charge in [0.1, 0.15) is 5.02 Å². The van der Waals surface area contributed by atoms with E-state index in [1.807, 2.05) is 4.90 Å². The summed E-state index contributed by atoms with van der Waals surface area (Å²) in [4.78, 5) is 25.7. The molecule has 0 unspecified atom stereocenters. The molecule has 0 aliphatic carbocycles. The molecule has 0 radical (unpaired) electrons. The Morgan fingerprint density at radius 1 is 1.22 bits per heavy atom. The Morgan fingerprint density at radius 3 is 2.52 bits per heavy atom. The van der Waals surface area contributed by atoms with E-state index in [0.717, 1.165) is 6.42 Å². The number of aromatic amines is 1. The molecule has 0 aromatic carbocycles. The average Bonchev–Trinajstić information content (AvgIpc) is 3.05. The van der Waals surface area contributed by atoms with Gasteiger partial charge in [-0.15, -0.1) is 0 Å². The van der Waals surface area contributed by atoms with E-state index in [0.29, 0.717) is 44.7 Å². The minimum absolute atomic E-state index is 0.0492. The number of anilines is 1. The third-order valence-corrected chi connectivity index (χ3v) is 6.57. The Balaban J connectivity index is 1.47. The van der Waals surface area contributed by atoms with Crippen molar-refractivity contribution in [3.63, 3.8) is 0 Å². The zero-order valence-corrected chi connectivity index (χ0v) is 16.5. The number of sulfonamides is 1. The second-order valence-electron chi connectivity index (χ2n) is 6.88. The summed E-state index contributed by atoms with van der Waals surface area (Å²) in [7, 11) is -3.18. The number of carbonyl (C=O) groups is 1. The Hall–Kier alpha value is -1.85. The van der Waals surface area contributed by atoms with Crippen molar-refractivity contribution in [3.05, 3.63) is 21.6 Å². The molecule has 2 fully saturated rings. The first-order chi connectivity index (χ1) is 12.7. The summed E-state index contributed by atoms with van der Waals surface area (Å²) < 4.78 is 24.5. The molecule has 3 heterocycles. The van der Waals surface area contributed by atoms with Crippen LogP contribution in [-0.4, -0.2) is 73.5 Å². The maximum absolute atomic E-state index is 12.2. The molecule has 3 rings (SSSR count). The third kappa shape index (κ3) is 4.90. The molecule has 1 atom stereocenters. The van der Waals surface area contributed by atoms with Crippen molar-refractivity contribution < 1.29 is 13.2 Å². The number of H-pyrrole nitrogens is 1. The second-order valence-corrected chi connectivity index (χ2v) is 9.24. The summed E-state index contributed by atoms with van der Waals surface area (Å²) >= 11 is 6.03. The Kier molecular flexibility index (Phi) is 5.92. The van der Waals surface area contributed by atoms with E-state index in [2.05, 4.69) is 20.8 Å². The average molecular weight is 419 g/mol. The first-order valence-corrected chi connectivity index (χ1v) is 11.0. The van der Waals surface area contributed by atoms with E-state index >= 15 is 0 Å². The minimum atomic E-state index is -3.18. The monoisotopic (exact) mass is 418 g/mol. The summed E-state index contributed by atoms with van der Waals surface area (Å²) in [5.74, 6) is 0. The van der Waals surface area contributed by atoms with Gasteiger partial charge < -0.3 is 15.5 Å². The van der Waals surface area contributed by atoms with Gasteiger partial charge in [0.15, 0.2) is 0 Å². The molecule has 1 aromatic heterocycles. The van der Waals surface area contributed by atoms with Crippen molar-refractivity contribution in [1.29, 1.82) is 0 Å². The maximum atomic E-state index is 12.2. The fourth-order valence-electron chi connectivity index (χ4n) is 3.44. The molecule has 0 spiro atoms. The largest absolute Gasteiger partial charge is 0.367 e. The van der Waals surface area contributed by atoms with Crippen LogP contribution in [0.5, 0.6) is 0 Å². The summed E-state index contributed by atoms with van der Waals surface area (Å²) in [6, 6.07) is -0.391. The highest BCUT2D eigenvalue weighted by Gasteiger charge is 2.29. The third-order valence-electron chi connectivity index (χ3n) is 4.90. The van der Waals surface area contributed by atoms with Gasteiger partial charge in [0.25, 0.3) is 5.56 Å². The lowest BCUT2D eigenvalue weighted by Crippen LogP contribution is -2.51. The first kappa shape index (κ1) is 19.9. The van der Waals surface area contributed by atoms with Crippen LogP contribution in [0.2, 0.25) is 5.02 Å². The summed E-state index contributed by atoms with van der Waals surface area (Å²) in [5, 5.41) is 12.0. The van der Waals surface area contributed by atoms with Gasteiger partial charge in [-0.3, -0.25) is 4.79 Å². The lowest BCUT2D eigenvalue weighted by atomic mass is 10.1. The number of carbonyl (C=O) groups excluding carboxylic acids is 1. The number of aromatic nitrogens is 2. The molecule has 2 amide bonds. The van der Waals surface area contributed by atoms with Crippen LogP contribution >= 0.6 is 11.6 Å². The summed E-state index contributed by atoms with van der Waals surface area (Å²) in [5.41, 5.74) is 0.113. The summed E-state index contributed by atoms with van der Waals surface area (Å²) in [6.07, 6.45) is 4.60. The molecular formula is C15H23ClN6O4S. The highest BCUT2D eigenvalue weighted by atomic mass is 35.5. The lowest BCUT2D eigenvalue weighted by molar-refractivity contribution is 0.225. The number of halogens is 1. The van der Waals surface area contributed by atoms with Gasteiger partial charge in [0.05, 0.1) is 18.1 Å². The zero-order valence-electron chi connectivity index (χ0n) is 14.9. The predicted octanol–water partition coefficient (Wildman–Crippen LogP) is -0.275. The van der Waals surface area contributed by atoms with Crippen molar-refractivity contribution in [2.75, 3.05) is 37.3 Å². The predicted molar refractivity (Wildman–Crippen MR) is 102 cm³/mol. The number of amides is 2. The zero-order chi connectivity index (χ0) is 19.6. The van der Waals surface area contributed by atoms with Gasteiger partial charge in [-0.25, -0.2) is 22.6 Å². The molecule has 0 bridgehead atoms. The van der Waals surface area contributed by atoms with Crippen LogP contribution in [0.1, 0.15) is 19.3 Å². The molecule has 150 valence electrons. The van der Waals surface area contributed by atoms with Gasteiger partial charge in [-0.2, -0.15) is 5.10 Å². The van der Waals surface area contributed by atoms with E-state index in [9.17, 15) is 18.0 Å². The van der Waals surface area contributed by atoms with Gasteiger partial charge in [-0.05, 0) is 19.3 Å². The molecule has 3 N–H and O–H groups in total. The maximum Gasteiger partial charge on any atom is 0.315 e. The van der Waals surface area contributed by atoms with Crippen LogP contribution in [0.4, 0.5) is 10.5 Å². The number of rotatable bonds is 4. The van der Waals surface area contributed by atoms with Crippen molar-refractivity contribution in [3.8, 4) is 0 Å². The van der Waals surface area contributed by atoms with Crippen molar-refractivity contribution >= 4 is 33.3 Å². The molecule has 1 aromatic rings. The number of nitrogens with zero attached hydrogens (tertiary/aromatic N) is 3. The number of nitrogens with one attached hydrogen (secondary N) is 3. The molecule has 12 heteroatoms. The highest BCUT2D eigenvalue weighted by Crippen LogP contribution is 2.24. The van der Waals surface area contributed by atoms with Crippen LogP contribution < -0.4 is 21.1 Å². The molecule has 10 nitrogen and oxygen atoms in total. The Labute approximate surface area is 162 Å². The summed E-state index contributed by atoms with van der Waals surface area (Å²) in [6.45, 7) is 2.01. The number of piperidine rings is 1. The number of hydrogen-bond acceptors (Lipinski definition) is 6. The first-order valence-electron chi connectivity index (χ1n) is 8.74. The van der Waals surface area contributed by atoms with Crippen LogP contribution in [0.25, 0.3) is 0 Å². The molecule has 2 aliphatic rings. The van der Waals surface area contributed by atoms with E-state index in [1.165, 1.54) is 16.8 Å². The minimum Gasteiger partial charge on any atom is -0.367 e. The molecule has 2 saturated heterocycles. The topological polar surface area (TPSA) is 128 Å². The van der Waals surface area contributed by atoms with E-state index in [1.54, 1.807) is 0 Å². The molecule has 0 saturated carbocycles. The van der Waals surface area contributed by atoms with Gasteiger partial charge in [0, 0.05) is 38.3 Å². The van der Waals surface area contributed by atoms with Gasteiger partial charge in [-0.1, -0.05) is 11.6 Å². The van der Waals surface area contributed by atoms with Gasteiger partial charge in [0.2, 0.25) is 10.0 Å². The number of hydrogen-bond donors (Lipinski definition) is 3. The normalized spacial score (nSPS) is 22.0. The van der Waals surface area contributed by atoms with Crippen molar-refractivity contribution in [2.45, 2.75) is 31.3 Å². The van der Waals surface area contributed by atoms with Crippen LogP contribution in [-0.2, 0) is 10.0 Å². The quantitative estimate of drug-likeness (QED) is 0.617. The lowest BCUT2D eigenvalue weighted by Gasteiger charge is -2.31. The van der Waals surface area contributed by atoms with Crippen molar-refractivity contribution in [2.24, 2.45) is 0 Å². The van der Waals surface area contributed by atoms with E-state index < -0.39 is 15.6 Å². The van der Waals surface area contributed by atoms with Crippen LogP contribution in [0.3, 0.4) is 0 Å². The fourth-order valence-corrected chi connectivity index (χ4v) is 4.52. The standard InChI is InChI=1S/C15H23ClN6O4S/c1-27(25,26)22-6-3-10(4-7-22)18-15(24)19-11-2-5-21(9-11)12-8-17-20-14(23)13(12)16/h8,10-11H,2-7,9H2,1H3,(H,20,23)(H2,18,19,24)/t11-/m1/s1. The molecule has 2 aliphatic heterocycles. The van der Waals surface area contributed by atoms with E-state index in [-0.39, 0.29) is 23.1 Å². The fraction of sp³-hybridized carbons (Fsp3) is 0.667. The molecule has 27 heavy (non-hydrogen) atoms. The Morgan fingerprint density at radius 2 is 1.85 bits per heavy atom.